The average molecular weight is 488 g/mol. The molecule has 35 heavy (non-hydrogen) atoms. The van der Waals surface area contributed by atoms with Gasteiger partial charge in [-0.1, -0.05) is 63.4 Å². The number of alkyl carbamates (subject to hydrolysis) is 1. The third kappa shape index (κ3) is 7.19. The molecule has 2 aliphatic rings. The van der Waals surface area contributed by atoms with E-state index in [1.165, 1.54) is 0 Å². The molecule has 4 N–H and O–H groups in total. The molecule has 0 radical (unpaired) electrons. The predicted octanol–water partition coefficient (Wildman–Crippen LogP) is 2.98. The van der Waals surface area contributed by atoms with Crippen LogP contribution in [0, 0.1) is 17.3 Å². The lowest BCUT2D eigenvalue weighted by atomic mass is 9.66. The van der Waals surface area contributed by atoms with Crippen molar-refractivity contribution in [2.75, 3.05) is 6.54 Å². The van der Waals surface area contributed by atoms with Crippen LogP contribution < -0.4 is 16.0 Å². The molecule has 1 heterocycles. The van der Waals surface area contributed by atoms with E-state index in [4.69, 9.17) is 4.74 Å². The maximum Gasteiger partial charge on any atom is 0.408 e. The Morgan fingerprint density at radius 1 is 1.09 bits per heavy atom. The van der Waals surface area contributed by atoms with E-state index >= 15 is 0 Å². The van der Waals surface area contributed by atoms with E-state index in [-0.39, 0.29) is 24.9 Å². The summed E-state index contributed by atoms with van der Waals surface area (Å²) < 4.78 is 5.37. The number of ether oxygens (including phenoxy) is 1. The summed E-state index contributed by atoms with van der Waals surface area (Å²) in [5, 5.41) is 17.8. The zero-order valence-corrected chi connectivity index (χ0v) is 20.5. The van der Waals surface area contributed by atoms with E-state index in [9.17, 15) is 24.3 Å². The first-order valence-electron chi connectivity index (χ1n) is 12.5. The highest BCUT2D eigenvalue weighted by molar-refractivity contribution is 5.90. The highest BCUT2D eigenvalue weighted by atomic mass is 16.5. The van der Waals surface area contributed by atoms with Gasteiger partial charge in [-0.25, -0.2) is 9.59 Å². The molecule has 1 saturated heterocycles. The zero-order chi connectivity index (χ0) is 25.4. The van der Waals surface area contributed by atoms with E-state index in [1.807, 2.05) is 44.2 Å². The molecule has 3 atom stereocenters. The second-order valence-corrected chi connectivity index (χ2v) is 10.2. The Hall–Kier alpha value is -3.10. The topological polar surface area (TPSA) is 134 Å². The summed E-state index contributed by atoms with van der Waals surface area (Å²) in [5.41, 5.74) is 0.181. The van der Waals surface area contributed by atoms with Crippen molar-refractivity contribution in [1.82, 2.24) is 16.0 Å². The molecular weight excluding hydrogens is 450 g/mol. The Morgan fingerprint density at radius 2 is 1.77 bits per heavy atom. The fourth-order valence-corrected chi connectivity index (χ4v) is 5.19. The van der Waals surface area contributed by atoms with Crippen molar-refractivity contribution in [2.45, 2.75) is 77.5 Å². The summed E-state index contributed by atoms with van der Waals surface area (Å²) in [6, 6.07) is 6.99. The fourth-order valence-electron chi connectivity index (χ4n) is 5.19. The number of nitrogens with one attached hydrogen (secondary N) is 3. The van der Waals surface area contributed by atoms with Gasteiger partial charge in [-0.05, 0) is 42.6 Å². The van der Waals surface area contributed by atoms with Crippen LogP contribution >= 0.6 is 0 Å². The molecule has 2 unspecified atom stereocenters. The molecular formula is C26H37N3O6. The first-order valence-corrected chi connectivity index (χ1v) is 12.5. The standard InChI is InChI=1S/C26H37N3O6/c1-26(2,19-11-7-4-8-12-19)21(29-25(34)35-16-17-9-5-3-6-10-17)23(31)28-20(24(32)33)15-18-13-14-27-22(18)30/h3,5-6,9-10,18-21H,4,7-8,11-16H2,1-2H3,(H,27,30)(H,28,31)(H,29,34)(H,32,33)/t18?,20-,21?/m0/s1. The Balaban J connectivity index is 1.73. The number of aliphatic carboxylic acids is 1. The number of carboxylic acid groups (broad SMARTS) is 1. The van der Waals surface area contributed by atoms with Gasteiger partial charge < -0.3 is 25.8 Å². The van der Waals surface area contributed by atoms with Gasteiger partial charge in [0, 0.05) is 12.5 Å². The molecule has 1 aromatic rings. The number of benzene rings is 1. The molecule has 3 amide bonds. The number of carboxylic acids is 1. The van der Waals surface area contributed by atoms with Gasteiger partial charge in [0.15, 0.2) is 0 Å². The number of carbonyl (C=O) groups excluding carboxylic acids is 3. The third-order valence-corrected chi connectivity index (χ3v) is 7.44. The normalized spacial score (nSPS) is 20.4. The average Bonchev–Trinajstić information content (AvgIpc) is 3.26. The van der Waals surface area contributed by atoms with Gasteiger partial charge >= 0.3 is 12.1 Å². The highest BCUT2D eigenvalue weighted by Gasteiger charge is 2.44. The molecule has 0 spiro atoms. The molecule has 1 aromatic carbocycles. The van der Waals surface area contributed by atoms with E-state index in [1.54, 1.807) is 0 Å². The summed E-state index contributed by atoms with van der Waals surface area (Å²) >= 11 is 0. The molecule has 0 bridgehead atoms. The zero-order valence-electron chi connectivity index (χ0n) is 20.5. The van der Waals surface area contributed by atoms with E-state index in [0.29, 0.717) is 13.0 Å². The molecule has 1 aliphatic heterocycles. The number of hydrogen-bond acceptors (Lipinski definition) is 5. The van der Waals surface area contributed by atoms with Gasteiger partial charge in [0.25, 0.3) is 0 Å². The quantitative estimate of drug-likeness (QED) is 0.401. The van der Waals surface area contributed by atoms with Gasteiger partial charge in [0.1, 0.15) is 18.7 Å². The van der Waals surface area contributed by atoms with Crippen LogP contribution in [0.1, 0.15) is 64.4 Å². The van der Waals surface area contributed by atoms with Crippen LogP contribution in [0.15, 0.2) is 30.3 Å². The van der Waals surface area contributed by atoms with E-state index in [2.05, 4.69) is 16.0 Å². The highest BCUT2D eigenvalue weighted by Crippen LogP contribution is 2.41. The Kier molecular flexibility index (Phi) is 9.12. The van der Waals surface area contributed by atoms with Crippen molar-refractivity contribution in [3.8, 4) is 0 Å². The monoisotopic (exact) mass is 487 g/mol. The molecule has 192 valence electrons. The molecule has 9 heteroatoms. The smallest absolute Gasteiger partial charge is 0.408 e. The summed E-state index contributed by atoms with van der Waals surface area (Å²) in [7, 11) is 0. The number of amides is 3. The molecule has 1 aliphatic carbocycles. The van der Waals surface area contributed by atoms with Crippen LogP contribution in [0.2, 0.25) is 0 Å². The van der Waals surface area contributed by atoms with E-state index < -0.39 is 41.4 Å². The second kappa shape index (κ2) is 12.0. The van der Waals surface area contributed by atoms with Crippen LogP contribution in [-0.4, -0.2) is 47.6 Å². The molecule has 2 fully saturated rings. The van der Waals surface area contributed by atoms with Crippen molar-refractivity contribution in [3.05, 3.63) is 35.9 Å². The minimum absolute atomic E-state index is 0.00192. The van der Waals surface area contributed by atoms with Crippen LogP contribution in [-0.2, 0) is 25.7 Å². The maximum atomic E-state index is 13.5. The van der Waals surface area contributed by atoms with Crippen LogP contribution in [0.25, 0.3) is 0 Å². The van der Waals surface area contributed by atoms with Crippen molar-refractivity contribution in [2.24, 2.45) is 17.3 Å². The predicted molar refractivity (Wildman–Crippen MR) is 129 cm³/mol. The summed E-state index contributed by atoms with van der Waals surface area (Å²) in [4.78, 5) is 50.1. The summed E-state index contributed by atoms with van der Waals surface area (Å²) in [6.07, 6.45) is 4.90. The molecule has 3 rings (SSSR count). The number of carbonyl (C=O) groups is 4. The van der Waals surface area contributed by atoms with Crippen molar-refractivity contribution >= 4 is 23.9 Å². The summed E-state index contributed by atoms with van der Waals surface area (Å²) in [6.45, 7) is 4.42. The maximum absolute atomic E-state index is 13.5. The van der Waals surface area contributed by atoms with Gasteiger partial charge in [-0.3, -0.25) is 9.59 Å². The molecule has 1 saturated carbocycles. The van der Waals surface area contributed by atoms with Gasteiger partial charge in [-0.15, -0.1) is 0 Å². The molecule has 0 aromatic heterocycles. The third-order valence-electron chi connectivity index (χ3n) is 7.44. The fraction of sp³-hybridized carbons (Fsp3) is 0.615. The number of hydrogen-bond donors (Lipinski definition) is 4. The number of rotatable bonds is 10. The van der Waals surface area contributed by atoms with Crippen molar-refractivity contribution < 1.29 is 29.0 Å². The van der Waals surface area contributed by atoms with Crippen molar-refractivity contribution in [3.63, 3.8) is 0 Å². The van der Waals surface area contributed by atoms with Crippen molar-refractivity contribution in [1.29, 1.82) is 0 Å². The summed E-state index contributed by atoms with van der Waals surface area (Å²) in [5.74, 6) is -2.27. The van der Waals surface area contributed by atoms with Gasteiger partial charge in [-0.2, -0.15) is 0 Å². The molecule has 9 nitrogen and oxygen atoms in total. The lowest BCUT2D eigenvalue weighted by Gasteiger charge is -2.42. The minimum Gasteiger partial charge on any atom is -0.480 e. The SMILES string of the molecule is CC(C)(C1CCCCC1)C(NC(=O)OCc1ccccc1)C(=O)N[C@@H](CC1CCNC1=O)C(=O)O. The second-order valence-electron chi connectivity index (χ2n) is 10.2. The lowest BCUT2D eigenvalue weighted by Crippen LogP contribution is -2.59. The minimum atomic E-state index is -1.23. The van der Waals surface area contributed by atoms with Gasteiger partial charge in [0.05, 0.1) is 0 Å². The Labute approximate surface area is 206 Å². The largest absolute Gasteiger partial charge is 0.480 e. The van der Waals surface area contributed by atoms with Gasteiger partial charge in [0.2, 0.25) is 11.8 Å². The Bertz CT molecular complexity index is 898. The first-order chi connectivity index (χ1) is 16.7. The van der Waals surface area contributed by atoms with Crippen LogP contribution in [0.4, 0.5) is 4.79 Å². The lowest BCUT2D eigenvalue weighted by molar-refractivity contribution is -0.143. The Morgan fingerprint density at radius 3 is 2.37 bits per heavy atom. The van der Waals surface area contributed by atoms with E-state index in [0.717, 1.165) is 37.7 Å². The van der Waals surface area contributed by atoms with Crippen LogP contribution in [0.3, 0.4) is 0 Å². The van der Waals surface area contributed by atoms with Crippen LogP contribution in [0.5, 0.6) is 0 Å². The first kappa shape index (κ1) is 26.5.